The van der Waals surface area contributed by atoms with Gasteiger partial charge in [-0.15, -0.1) is 0 Å². The molecule has 1 aliphatic heterocycles. The minimum atomic E-state index is -1.53. The molecule has 0 aromatic heterocycles. The highest BCUT2D eigenvalue weighted by molar-refractivity contribution is 5.95. The van der Waals surface area contributed by atoms with Gasteiger partial charge in [-0.2, -0.15) is 0 Å². The fourth-order valence-corrected chi connectivity index (χ4v) is 3.67. The smallest absolute Gasteiger partial charge is 0.410 e. The van der Waals surface area contributed by atoms with Crippen molar-refractivity contribution in [1.29, 1.82) is 0 Å². The zero-order chi connectivity index (χ0) is 25.1. The topological polar surface area (TPSA) is 154 Å². The molecule has 1 aromatic carbocycles. The summed E-state index contributed by atoms with van der Waals surface area (Å²) in [6.07, 6.45) is -0.303. The predicted octanol–water partition coefficient (Wildman–Crippen LogP) is 0.890. The largest absolute Gasteiger partial charge is 0.466 e. The first kappa shape index (κ1) is 26.6. The molecule has 1 aromatic rings. The lowest BCUT2D eigenvalue weighted by Crippen LogP contribution is -2.56. The number of carbonyl (C=O) groups is 5. The minimum Gasteiger partial charge on any atom is -0.466 e. The fraction of sp³-hybridized carbons (Fsp3) is 0.522. The van der Waals surface area contributed by atoms with E-state index in [1.54, 1.807) is 26.0 Å². The first-order chi connectivity index (χ1) is 16.3. The Kier molecular flexibility index (Phi) is 10.3. The molecule has 34 heavy (non-hydrogen) atoms. The molecule has 11 heteroatoms. The molecule has 11 nitrogen and oxygen atoms in total. The van der Waals surface area contributed by atoms with Crippen LogP contribution in [0.25, 0.3) is 0 Å². The summed E-state index contributed by atoms with van der Waals surface area (Å²) in [7, 11) is 0. The molecule has 186 valence electrons. The van der Waals surface area contributed by atoms with Gasteiger partial charge in [0.25, 0.3) is 0 Å². The van der Waals surface area contributed by atoms with Gasteiger partial charge in [0, 0.05) is 6.54 Å². The van der Waals surface area contributed by atoms with Gasteiger partial charge >= 0.3 is 18.0 Å². The lowest BCUT2D eigenvalue weighted by Gasteiger charge is -2.27. The predicted molar refractivity (Wildman–Crippen MR) is 119 cm³/mol. The number of primary amides is 1. The summed E-state index contributed by atoms with van der Waals surface area (Å²) in [6.45, 7) is 3.56. The number of rotatable bonds is 11. The zero-order valence-electron chi connectivity index (χ0n) is 19.4. The van der Waals surface area contributed by atoms with E-state index in [0.717, 1.165) is 5.56 Å². The van der Waals surface area contributed by atoms with Crippen LogP contribution in [0.5, 0.6) is 0 Å². The number of esters is 2. The van der Waals surface area contributed by atoms with E-state index in [1.807, 2.05) is 18.2 Å². The van der Waals surface area contributed by atoms with Gasteiger partial charge in [0.1, 0.15) is 18.7 Å². The summed E-state index contributed by atoms with van der Waals surface area (Å²) < 4.78 is 15.2. The minimum absolute atomic E-state index is 0.00123. The summed E-state index contributed by atoms with van der Waals surface area (Å²) in [5.41, 5.74) is 6.25. The molecule has 2 rings (SSSR count). The molecule has 0 aliphatic carbocycles. The van der Waals surface area contributed by atoms with Gasteiger partial charge in [-0.25, -0.2) is 4.79 Å². The molecule has 1 saturated heterocycles. The maximum absolute atomic E-state index is 13.0. The average Bonchev–Trinajstić information content (AvgIpc) is 3.30. The van der Waals surface area contributed by atoms with E-state index in [2.05, 4.69) is 5.32 Å². The van der Waals surface area contributed by atoms with Crippen LogP contribution >= 0.6 is 0 Å². The maximum Gasteiger partial charge on any atom is 0.410 e. The summed E-state index contributed by atoms with van der Waals surface area (Å²) in [4.78, 5) is 63.5. The molecular weight excluding hydrogens is 446 g/mol. The number of hydrogen-bond acceptors (Lipinski definition) is 8. The Bertz CT molecular complexity index is 876. The van der Waals surface area contributed by atoms with E-state index in [4.69, 9.17) is 19.9 Å². The number of benzene rings is 1. The summed E-state index contributed by atoms with van der Waals surface area (Å²) in [5.74, 6) is -4.69. The maximum atomic E-state index is 13.0. The van der Waals surface area contributed by atoms with Crippen molar-refractivity contribution in [3.8, 4) is 0 Å². The van der Waals surface area contributed by atoms with Crippen molar-refractivity contribution in [2.75, 3.05) is 19.8 Å². The highest BCUT2D eigenvalue weighted by Crippen LogP contribution is 2.21. The Morgan fingerprint density at radius 2 is 1.74 bits per heavy atom. The van der Waals surface area contributed by atoms with Crippen LogP contribution in [0.4, 0.5) is 4.79 Å². The van der Waals surface area contributed by atoms with Crippen molar-refractivity contribution >= 4 is 29.8 Å². The lowest BCUT2D eigenvalue weighted by atomic mass is 9.94. The number of amides is 3. The van der Waals surface area contributed by atoms with Crippen LogP contribution in [0.1, 0.15) is 38.7 Å². The Labute approximate surface area is 197 Å². The van der Waals surface area contributed by atoms with Crippen LogP contribution < -0.4 is 11.1 Å². The Morgan fingerprint density at radius 1 is 1.06 bits per heavy atom. The van der Waals surface area contributed by atoms with Gasteiger partial charge in [-0.3, -0.25) is 24.1 Å². The molecule has 0 saturated carbocycles. The lowest BCUT2D eigenvalue weighted by molar-refractivity contribution is -0.157. The summed E-state index contributed by atoms with van der Waals surface area (Å²) in [5, 5.41) is 2.43. The van der Waals surface area contributed by atoms with Crippen molar-refractivity contribution in [2.24, 2.45) is 11.7 Å². The molecule has 0 spiro atoms. The molecule has 3 N–H and O–H groups in total. The molecule has 0 bridgehead atoms. The number of hydrogen-bond donors (Lipinski definition) is 2. The Hall–Kier alpha value is -3.63. The number of nitrogens with zero attached hydrogens (tertiary/aromatic N) is 1. The van der Waals surface area contributed by atoms with E-state index in [1.165, 1.54) is 4.90 Å². The van der Waals surface area contributed by atoms with E-state index in [-0.39, 0.29) is 26.4 Å². The Balaban J connectivity index is 2.10. The first-order valence-corrected chi connectivity index (χ1v) is 11.2. The van der Waals surface area contributed by atoms with E-state index in [9.17, 15) is 24.0 Å². The number of likely N-dealkylation sites (tertiary alicyclic amines) is 1. The third kappa shape index (κ3) is 7.46. The third-order valence-corrected chi connectivity index (χ3v) is 5.28. The quantitative estimate of drug-likeness (QED) is 0.352. The number of ether oxygens (including phenoxy) is 3. The molecule has 0 unspecified atom stereocenters. The standard InChI is InChI=1S/C23H31N3O8/c1-3-32-18(27)13-16(22(30)33-4-2)19(20(24)28)25-21(29)17-11-8-12-26(17)23(31)34-14-15-9-6-5-7-10-15/h5-7,9-10,16-17,19H,3-4,8,11-14H2,1-2H3,(H2,24,28)(H,25,29)/t16-,17+,19+/m0/s1. The molecule has 1 heterocycles. The van der Waals surface area contributed by atoms with Crippen molar-refractivity contribution < 1.29 is 38.2 Å². The number of carbonyl (C=O) groups excluding carboxylic acids is 5. The zero-order valence-corrected chi connectivity index (χ0v) is 19.4. The van der Waals surface area contributed by atoms with Crippen LogP contribution in [-0.2, 0) is 40.0 Å². The highest BCUT2D eigenvalue weighted by atomic mass is 16.6. The van der Waals surface area contributed by atoms with Crippen LogP contribution in [0.3, 0.4) is 0 Å². The fourth-order valence-electron chi connectivity index (χ4n) is 3.67. The summed E-state index contributed by atoms with van der Waals surface area (Å²) >= 11 is 0. The number of nitrogens with one attached hydrogen (secondary N) is 1. The second kappa shape index (κ2) is 13.2. The van der Waals surface area contributed by atoms with Gasteiger partial charge < -0.3 is 25.3 Å². The van der Waals surface area contributed by atoms with Crippen LogP contribution in [0.2, 0.25) is 0 Å². The van der Waals surface area contributed by atoms with E-state index < -0.39 is 54.3 Å². The highest BCUT2D eigenvalue weighted by Gasteiger charge is 2.41. The second-order valence-corrected chi connectivity index (χ2v) is 7.65. The van der Waals surface area contributed by atoms with E-state index in [0.29, 0.717) is 12.8 Å². The van der Waals surface area contributed by atoms with Crippen LogP contribution in [0.15, 0.2) is 30.3 Å². The monoisotopic (exact) mass is 477 g/mol. The van der Waals surface area contributed by atoms with Gasteiger partial charge in [0.05, 0.1) is 25.6 Å². The third-order valence-electron chi connectivity index (χ3n) is 5.28. The van der Waals surface area contributed by atoms with Crippen molar-refractivity contribution in [3.05, 3.63) is 35.9 Å². The SMILES string of the molecule is CCOC(=O)C[C@H](C(=O)OCC)[C@@H](NC(=O)[C@H]1CCCN1C(=O)OCc1ccccc1)C(N)=O. The van der Waals surface area contributed by atoms with Crippen molar-refractivity contribution in [3.63, 3.8) is 0 Å². The van der Waals surface area contributed by atoms with Gasteiger partial charge in [0.15, 0.2) is 0 Å². The normalized spacial score (nSPS) is 16.8. The number of nitrogens with two attached hydrogens (primary N) is 1. The van der Waals surface area contributed by atoms with Crippen molar-refractivity contribution in [1.82, 2.24) is 10.2 Å². The molecule has 3 amide bonds. The first-order valence-electron chi connectivity index (χ1n) is 11.2. The molecule has 1 fully saturated rings. The molecule has 3 atom stereocenters. The van der Waals surface area contributed by atoms with Gasteiger partial charge in [-0.05, 0) is 32.3 Å². The molecule has 1 aliphatic rings. The summed E-state index contributed by atoms with van der Waals surface area (Å²) in [6, 6.07) is 6.63. The average molecular weight is 478 g/mol. The van der Waals surface area contributed by atoms with Crippen LogP contribution in [-0.4, -0.2) is 66.6 Å². The van der Waals surface area contributed by atoms with Crippen molar-refractivity contribution in [2.45, 2.75) is 51.8 Å². The van der Waals surface area contributed by atoms with E-state index >= 15 is 0 Å². The molecule has 0 radical (unpaired) electrons. The van der Waals surface area contributed by atoms with Crippen LogP contribution in [0, 0.1) is 5.92 Å². The molecular formula is C23H31N3O8. The van der Waals surface area contributed by atoms with Gasteiger partial charge in [-0.1, -0.05) is 30.3 Å². The Morgan fingerprint density at radius 3 is 2.35 bits per heavy atom. The second-order valence-electron chi connectivity index (χ2n) is 7.65. The van der Waals surface area contributed by atoms with Gasteiger partial charge in [0.2, 0.25) is 11.8 Å².